The van der Waals surface area contributed by atoms with Crippen LogP contribution in [0.1, 0.15) is 0 Å². The Labute approximate surface area is 73.1 Å². The summed E-state index contributed by atoms with van der Waals surface area (Å²) in [5, 5.41) is 1.13. The molecule has 0 spiro atoms. The summed E-state index contributed by atoms with van der Waals surface area (Å²) in [7, 11) is 0. The monoisotopic (exact) mass is 202 g/mol. The molecule has 1 heterocycles. The van der Waals surface area contributed by atoms with Crippen molar-refractivity contribution in [3.05, 3.63) is 0 Å². The summed E-state index contributed by atoms with van der Waals surface area (Å²) in [6, 6.07) is 0. The molecule has 0 aromatic heterocycles. The summed E-state index contributed by atoms with van der Waals surface area (Å²) in [5.41, 5.74) is 0. The van der Waals surface area contributed by atoms with Crippen LogP contribution in [0.25, 0.3) is 0 Å². The maximum absolute atomic E-state index is 4.28. The van der Waals surface area contributed by atoms with Gasteiger partial charge in [0.1, 0.15) is 0 Å². The molecule has 0 nitrogen and oxygen atoms in total. The molecule has 0 aliphatic carbocycles. The van der Waals surface area contributed by atoms with Gasteiger partial charge in [-0.15, -0.1) is 35.3 Å². The van der Waals surface area contributed by atoms with E-state index < -0.39 is 0 Å². The third-order valence-corrected chi connectivity index (χ3v) is 5.89. The number of rotatable bonds is 0. The van der Waals surface area contributed by atoms with Crippen LogP contribution >= 0.6 is 60.5 Å². The van der Waals surface area contributed by atoms with Crippen molar-refractivity contribution in [1.82, 2.24) is 0 Å². The Morgan fingerprint density at radius 3 is 1.88 bits per heavy atom. The molecule has 1 fully saturated rings. The fourth-order valence-electron chi connectivity index (χ4n) is 0.334. The number of hydrogen-bond donors (Lipinski definition) is 2. The van der Waals surface area contributed by atoms with E-state index in [-0.39, 0.29) is 0 Å². The molecule has 2 atom stereocenters. The zero-order chi connectivity index (χ0) is 5.98. The Kier molecular flexibility index (Phi) is 3.74. The van der Waals surface area contributed by atoms with Gasteiger partial charge in [0.05, 0.1) is 7.83 Å². The van der Waals surface area contributed by atoms with E-state index in [9.17, 15) is 0 Å². The molecule has 1 aliphatic rings. The second-order valence-corrected chi connectivity index (χ2v) is 8.00. The molecular formula is C3H6S5. The second kappa shape index (κ2) is 3.81. The highest BCUT2D eigenvalue weighted by Crippen LogP contribution is 2.44. The third-order valence-electron chi connectivity index (χ3n) is 0.654. The van der Waals surface area contributed by atoms with E-state index in [1.165, 1.54) is 0 Å². The molecule has 2 unspecified atom stereocenters. The first-order valence-electron chi connectivity index (χ1n) is 2.04. The van der Waals surface area contributed by atoms with Crippen LogP contribution in [0, 0.1) is 0 Å². The number of hydrogen-bond acceptors (Lipinski definition) is 5. The Balaban J connectivity index is 2.23. The van der Waals surface area contributed by atoms with Crippen LogP contribution in [0.3, 0.4) is 0 Å². The van der Waals surface area contributed by atoms with Gasteiger partial charge in [-0.1, -0.05) is 0 Å². The highest BCUT2D eigenvalue weighted by molar-refractivity contribution is 8.43. The maximum atomic E-state index is 4.28. The van der Waals surface area contributed by atoms with E-state index in [0.29, 0.717) is 7.83 Å². The molecule has 0 N–H and O–H groups in total. The lowest BCUT2D eigenvalue weighted by Gasteiger charge is -2.20. The van der Waals surface area contributed by atoms with Crippen LogP contribution in [0.4, 0.5) is 0 Å². The van der Waals surface area contributed by atoms with Crippen molar-refractivity contribution in [3.63, 3.8) is 0 Å². The fraction of sp³-hybridized carbons (Fsp3) is 1.00. The standard InChI is InChI=1S/C3H6S5/c4-2-6-1-7-3(5)8-2/h2-5H,1H2. The fourth-order valence-corrected chi connectivity index (χ4v) is 6.89. The van der Waals surface area contributed by atoms with Crippen LogP contribution in [-0.2, 0) is 0 Å². The van der Waals surface area contributed by atoms with Gasteiger partial charge in [-0.05, 0) is 0 Å². The van der Waals surface area contributed by atoms with Gasteiger partial charge in [0.2, 0.25) is 0 Å². The van der Waals surface area contributed by atoms with Crippen molar-refractivity contribution in [3.8, 4) is 0 Å². The summed E-state index contributed by atoms with van der Waals surface area (Å²) >= 11 is 14.1. The van der Waals surface area contributed by atoms with Crippen molar-refractivity contribution in [2.75, 3.05) is 5.08 Å². The molecule has 0 aromatic rings. The van der Waals surface area contributed by atoms with Crippen molar-refractivity contribution in [2.45, 2.75) is 7.83 Å². The van der Waals surface area contributed by atoms with Crippen LogP contribution < -0.4 is 0 Å². The van der Waals surface area contributed by atoms with Crippen molar-refractivity contribution < 1.29 is 0 Å². The zero-order valence-corrected chi connectivity index (χ0v) is 8.22. The second-order valence-electron chi connectivity index (χ2n) is 1.20. The third kappa shape index (κ3) is 2.56. The largest absolute Gasteiger partial charge is 0.154 e. The summed E-state index contributed by atoms with van der Waals surface area (Å²) in [4.78, 5) is 0. The summed E-state index contributed by atoms with van der Waals surface area (Å²) in [5.74, 6) is 0. The normalized spacial score (nSPS) is 39.8. The first-order chi connectivity index (χ1) is 3.79. The zero-order valence-electron chi connectivity index (χ0n) is 3.98. The van der Waals surface area contributed by atoms with E-state index in [1.807, 2.05) is 23.5 Å². The summed E-state index contributed by atoms with van der Waals surface area (Å²) in [6.45, 7) is 0. The van der Waals surface area contributed by atoms with Gasteiger partial charge in [0.15, 0.2) is 0 Å². The Hall–Kier alpha value is 1.75. The molecule has 5 heteroatoms. The highest BCUT2D eigenvalue weighted by atomic mass is 32.3. The molecule has 0 saturated carbocycles. The van der Waals surface area contributed by atoms with Gasteiger partial charge in [-0.3, -0.25) is 0 Å². The Bertz CT molecular complexity index is 66.1. The molecule has 8 heavy (non-hydrogen) atoms. The van der Waals surface area contributed by atoms with Crippen LogP contribution in [0.5, 0.6) is 0 Å². The quantitative estimate of drug-likeness (QED) is 0.580. The van der Waals surface area contributed by atoms with E-state index >= 15 is 0 Å². The van der Waals surface area contributed by atoms with Gasteiger partial charge < -0.3 is 0 Å². The van der Waals surface area contributed by atoms with E-state index in [1.54, 1.807) is 11.8 Å². The van der Waals surface area contributed by atoms with Crippen LogP contribution in [0.2, 0.25) is 0 Å². The molecule has 1 saturated heterocycles. The SMILES string of the molecule is SC1SCSC(S)S1. The molecular weight excluding hydrogens is 196 g/mol. The van der Waals surface area contributed by atoms with Crippen LogP contribution in [-0.4, -0.2) is 12.9 Å². The van der Waals surface area contributed by atoms with Gasteiger partial charge >= 0.3 is 0 Å². The molecule has 0 bridgehead atoms. The van der Waals surface area contributed by atoms with Gasteiger partial charge in [-0.2, -0.15) is 25.3 Å². The minimum Gasteiger partial charge on any atom is -0.154 e. The molecule has 0 aromatic carbocycles. The highest BCUT2D eigenvalue weighted by Gasteiger charge is 2.16. The van der Waals surface area contributed by atoms with Crippen LogP contribution in [0.15, 0.2) is 0 Å². The van der Waals surface area contributed by atoms with Gasteiger partial charge in [-0.25, -0.2) is 0 Å². The minimum atomic E-state index is 0.443. The van der Waals surface area contributed by atoms with Gasteiger partial charge in [0.25, 0.3) is 0 Å². The number of thiol groups is 2. The molecule has 48 valence electrons. The Morgan fingerprint density at radius 1 is 1.12 bits per heavy atom. The molecule has 1 aliphatic heterocycles. The first-order valence-corrected chi connectivity index (χ1v) is 6.11. The predicted octanol–water partition coefficient (Wildman–Crippen LogP) is 2.58. The summed E-state index contributed by atoms with van der Waals surface area (Å²) < 4.78 is 0.887. The van der Waals surface area contributed by atoms with Crippen molar-refractivity contribution in [1.29, 1.82) is 0 Å². The van der Waals surface area contributed by atoms with Gasteiger partial charge in [0, 0.05) is 5.08 Å². The lowest BCUT2D eigenvalue weighted by atomic mass is 11.8. The lowest BCUT2D eigenvalue weighted by molar-refractivity contribution is 1.90. The lowest BCUT2D eigenvalue weighted by Crippen LogP contribution is -1.99. The van der Waals surface area contributed by atoms with Crippen molar-refractivity contribution in [2.24, 2.45) is 0 Å². The minimum absolute atomic E-state index is 0.443. The smallest absolute Gasteiger partial charge is 0.0955 e. The van der Waals surface area contributed by atoms with E-state index in [0.717, 1.165) is 5.08 Å². The summed E-state index contributed by atoms with van der Waals surface area (Å²) in [6.07, 6.45) is 0. The maximum Gasteiger partial charge on any atom is 0.0955 e. The average Bonchev–Trinajstić information content (AvgIpc) is 1.64. The van der Waals surface area contributed by atoms with E-state index in [2.05, 4.69) is 25.3 Å². The molecule has 0 radical (unpaired) electrons. The average molecular weight is 202 g/mol. The first kappa shape index (κ1) is 7.85. The van der Waals surface area contributed by atoms with Crippen molar-refractivity contribution >= 4 is 60.5 Å². The topological polar surface area (TPSA) is 0 Å². The van der Waals surface area contributed by atoms with E-state index in [4.69, 9.17) is 0 Å². The Morgan fingerprint density at radius 2 is 1.62 bits per heavy atom. The number of thioether (sulfide) groups is 3. The molecule has 1 rings (SSSR count). The predicted molar refractivity (Wildman–Crippen MR) is 53.2 cm³/mol. The molecule has 0 amide bonds.